The first-order chi connectivity index (χ1) is 12.9. The minimum absolute atomic E-state index is 0.0511. The Balaban J connectivity index is 2.12. The van der Waals surface area contributed by atoms with Crippen LogP contribution in [0.3, 0.4) is 0 Å². The maximum absolute atomic E-state index is 13.3. The highest BCUT2D eigenvalue weighted by atomic mass is 127. The molecule has 1 aromatic carbocycles. The van der Waals surface area contributed by atoms with Crippen LogP contribution >= 0.6 is 22.6 Å². The second kappa shape index (κ2) is 5.99. The van der Waals surface area contributed by atoms with Crippen LogP contribution in [0.25, 0.3) is 21.9 Å². The number of nitrogens with two attached hydrogens (primary N) is 1. The number of benzene rings is 1. The Kier molecular flexibility index (Phi) is 3.86. The van der Waals surface area contributed by atoms with Crippen molar-refractivity contribution in [3.05, 3.63) is 40.0 Å². The third kappa shape index (κ3) is 2.46. The van der Waals surface area contributed by atoms with Crippen LogP contribution in [0.15, 0.2) is 35.6 Å². The lowest BCUT2D eigenvalue weighted by Crippen LogP contribution is -2.16. The van der Waals surface area contributed by atoms with E-state index in [4.69, 9.17) is 5.73 Å². The average Bonchev–Trinajstić information content (AvgIpc) is 3.05. The summed E-state index contributed by atoms with van der Waals surface area (Å²) in [7, 11) is -4.28. The molecule has 0 unspecified atom stereocenters. The van der Waals surface area contributed by atoms with E-state index in [2.05, 4.69) is 20.1 Å². The van der Waals surface area contributed by atoms with Crippen molar-refractivity contribution >= 4 is 60.4 Å². The number of aromatic nitrogens is 5. The van der Waals surface area contributed by atoms with Crippen molar-refractivity contribution in [2.75, 3.05) is 5.73 Å². The highest BCUT2D eigenvalue weighted by Crippen LogP contribution is 2.35. The molecule has 12 heteroatoms. The van der Waals surface area contributed by atoms with Gasteiger partial charge in [0, 0.05) is 11.6 Å². The molecule has 3 N–H and O–H groups in total. The van der Waals surface area contributed by atoms with Crippen LogP contribution in [-0.2, 0) is 10.0 Å². The molecule has 0 bridgehead atoms. The fourth-order valence-electron chi connectivity index (χ4n) is 2.67. The molecule has 0 aliphatic heterocycles. The molecule has 4 aromatic rings. The Morgan fingerprint density at radius 1 is 1.30 bits per heavy atom. The lowest BCUT2D eigenvalue weighted by molar-refractivity contribution is 0.476. The summed E-state index contributed by atoms with van der Waals surface area (Å²) in [4.78, 5) is 11.6. The zero-order valence-electron chi connectivity index (χ0n) is 13.2. The number of phenols is 1. The molecule has 0 amide bonds. The van der Waals surface area contributed by atoms with Crippen molar-refractivity contribution in [1.29, 1.82) is 5.26 Å². The molecule has 0 spiro atoms. The predicted molar refractivity (Wildman–Crippen MR) is 103 cm³/mol. The van der Waals surface area contributed by atoms with Crippen LogP contribution in [-0.4, -0.2) is 37.7 Å². The summed E-state index contributed by atoms with van der Waals surface area (Å²) in [5.41, 5.74) is 5.58. The topological polar surface area (TPSA) is 161 Å². The van der Waals surface area contributed by atoms with E-state index in [0.717, 1.165) is 6.33 Å². The van der Waals surface area contributed by atoms with Gasteiger partial charge < -0.3 is 10.8 Å². The number of nitriles is 1. The largest absolute Gasteiger partial charge is 0.505 e. The number of nitrogen functional groups attached to an aromatic ring is 1. The van der Waals surface area contributed by atoms with Crippen molar-refractivity contribution in [3.63, 3.8) is 0 Å². The SMILES string of the molecule is N#Cc1nn(S(=O)(=O)c2cc(I)c(O)c3ncccc23)c2ncnc(N)c12. The lowest BCUT2D eigenvalue weighted by Gasteiger charge is -2.10. The van der Waals surface area contributed by atoms with Crippen LogP contribution in [0.1, 0.15) is 5.69 Å². The van der Waals surface area contributed by atoms with Gasteiger partial charge in [-0.3, -0.25) is 4.98 Å². The van der Waals surface area contributed by atoms with Crippen LogP contribution in [0.5, 0.6) is 5.75 Å². The van der Waals surface area contributed by atoms with Crippen molar-refractivity contribution in [1.82, 2.24) is 24.1 Å². The molecule has 0 radical (unpaired) electrons. The van der Waals surface area contributed by atoms with Gasteiger partial charge in [0.25, 0.3) is 10.0 Å². The van der Waals surface area contributed by atoms with Gasteiger partial charge in [-0.05, 0) is 40.8 Å². The molecule has 4 rings (SSSR count). The van der Waals surface area contributed by atoms with E-state index in [9.17, 15) is 18.8 Å². The minimum atomic E-state index is -4.28. The Hall–Kier alpha value is -3.05. The molecule has 0 aliphatic rings. The van der Waals surface area contributed by atoms with Crippen molar-refractivity contribution in [2.24, 2.45) is 0 Å². The van der Waals surface area contributed by atoms with E-state index < -0.39 is 10.0 Å². The number of pyridine rings is 1. The van der Waals surface area contributed by atoms with Crippen LogP contribution in [0.2, 0.25) is 0 Å². The summed E-state index contributed by atoms with van der Waals surface area (Å²) >= 11 is 1.81. The number of nitrogens with zero attached hydrogens (tertiary/aromatic N) is 6. The van der Waals surface area contributed by atoms with E-state index in [0.29, 0.717) is 7.66 Å². The van der Waals surface area contributed by atoms with Crippen LogP contribution < -0.4 is 5.73 Å². The third-order valence-electron chi connectivity index (χ3n) is 3.86. The van der Waals surface area contributed by atoms with Gasteiger partial charge >= 0.3 is 0 Å². The number of aromatic hydroxyl groups is 1. The Morgan fingerprint density at radius 3 is 2.81 bits per heavy atom. The Labute approximate surface area is 165 Å². The summed E-state index contributed by atoms with van der Waals surface area (Å²) < 4.78 is 27.6. The van der Waals surface area contributed by atoms with Gasteiger partial charge in [-0.2, -0.15) is 13.7 Å². The molecule has 10 nitrogen and oxygen atoms in total. The Morgan fingerprint density at radius 2 is 2.07 bits per heavy atom. The second-order valence-corrected chi connectivity index (χ2v) is 8.27. The van der Waals surface area contributed by atoms with Gasteiger partial charge in [0.2, 0.25) is 0 Å². The molecule has 3 aromatic heterocycles. The molecule has 27 heavy (non-hydrogen) atoms. The van der Waals surface area contributed by atoms with Crippen molar-refractivity contribution < 1.29 is 13.5 Å². The van der Waals surface area contributed by atoms with Gasteiger partial charge in [-0.25, -0.2) is 9.97 Å². The van der Waals surface area contributed by atoms with Gasteiger partial charge in [0.15, 0.2) is 17.1 Å². The average molecular weight is 493 g/mol. The fraction of sp³-hybridized carbons (Fsp3) is 0. The van der Waals surface area contributed by atoms with Crippen molar-refractivity contribution in [2.45, 2.75) is 4.90 Å². The molecule has 134 valence electrons. The first-order valence-electron chi connectivity index (χ1n) is 7.27. The number of fused-ring (bicyclic) bond motifs is 2. The first-order valence-corrected chi connectivity index (χ1v) is 9.79. The van der Waals surface area contributed by atoms with Gasteiger partial charge in [-0.1, -0.05) is 0 Å². The van der Waals surface area contributed by atoms with E-state index in [1.807, 2.05) is 22.6 Å². The normalized spacial score (nSPS) is 11.7. The smallest absolute Gasteiger partial charge is 0.285 e. The van der Waals surface area contributed by atoms with Crippen molar-refractivity contribution in [3.8, 4) is 11.8 Å². The van der Waals surface area contributed by atoms with E-state index in [1.54, 1.807) is 12.1 Å². The molecule has 0 saturated carbocycles. The van der Waals surface area contributed by atoms with E-state index in [-0.39, 0.29) is 44.1 Å². The zero-order valence-corrected chi connectivity index (χ0v) is 16.2. The molecular formula is C15H8IN7O3S. The molecule has 0 atom stereocenters. The summed E-state index contributed by atoms with van der Waals surface area (Å²) in [5.74, 6) is -0.176. The van der Waals surface area contributed by atoms with E-state index in [1.165, 1.54) is 18.3 Å². The van der Waals surface area contributed by atoms with Crippen LogP contribution in [0.4, 0.5) is 5.82 Å². The van der Waals surface area contributed by atoms with Gasteiger partial charge in [0.1, 0.15) is 34.0 Å². The third-order valence-corrected chi connectivity index (χ3v) is 6.28. The minimum Gasteiger partial charge on any atom is -0.505 e. The standard InChI is InChI=1S/C15H8IN7O3S/c16-8-4-10(7-2-1-3-19-12(7)13(8)24)27(25,26)23-15-11(9(5-17)22-23)14(18)20-6-21-15/h1-4,6,24H,(H2,18,20,21). The number of hydrogen-bond acceptors (Lipinski definition) is 9. The first kappa shape index (κ1) is 17.4. The lowest BCUT2D eigenvalue weighted by atomic mass is 10.2. The zero-order chi connectivity index (χ0) is 19.3. The number of rotatable bonds is 2. The number of anilines is 1. The Bertz CT molecular complexity index is 1390. The fourth-order valence-corrected chi connectivity index (χ4v) is 4.90. The molecule has 3 heterocycles. The molecular weight excluding hydrogens is 485 g/mol. The second-order valence-electron chi connectivity index (χ2n) is 5.37. The maximum Gasteiger partial charge on any atom is 0.285 e. The predicted octanol–water partition coefficient (Wildman–Crippen LogP) is 1.38. The van der Waals surface area contributed by atoms with Crippen LogP contribution in [0, 0.1) is 14.9 Å². The molecule has 0 fully saturated rings. The number of phenolic OH excluding ortho intramolecular Hbond substituents is 1. The van der Waals surface area contributed by atoms with Gasteiger partial charge in [-0.15, -0.1) is 9.19 Å². The monoisotopic (exact) mass is 493 g/mol. The molecule has 0 saturated heterocycles. The summed E-state index contributed by atoms with van der Waals surface area (Å²) in [6, 6.07) is 6.18. The summed E-state index contributed by atoms with van der Waals surface area (Å²) in [6.07, 6.45) is 2.53. The maximum atomic E-state index is 13.3. The quantitative estimate of drug-likeness (QED) is 0.393. The number of hydrogen-bond donors (Lipinski definition) is 2. The summed E-state index contributed by atoms with van der Waals surface area (Å²) in [6.45, 7) is 0. The van der Waals surface area contributed by atoms with Gasteiger partial charge in [0.05, 0.1) is 3.57 Å². The number of halogens is 1. The summed E-state index contributed by atoms with van der Waals surface area (Å²) in [5, 5.41) is 23.6. The highest BCUT2D eigenvalue weighted by molar-refractivity contribution is 14.1. The van der Waals surface area contributed by atoms with E-state index >= 15 is 0 Å². The molecule has 0 aliphatic carbocycles. The highest BCUT2D eigenvalue weighted by Gasteiger charge is 2.28.